The van der Waals surface area contributed by atoms with E-state index in [4.69, 9.17) is 4.65 Å². The molecule has 0 saturated heterocycles. The van der Waals surface area contributed by atoms with Gasteiger partial charge in [-0.2, -0.15) is 6.04 Å². The Hall–Kier alpha value is 2.63. The Morgan fingerprint density at radius 2 is 0.850 bits per heavy atom. The summed E-state index contributed by atoms with van der Waals surface area (Å²) in [6.45, 7) is 52.9. The van der Waals surface area contributed by atoms with Gasteiger partial charge in [-0.3, -0.25) is 0 Å². The molecule has 0 atom stereocenters. The molecular formula is C30H86N2Ni2P2Si4+. The maximum atomic E-state index is 4.80. The van der Waals surface area contributed by atoms with Crippen LogP contribution in [-0.2, 0) is 33.0 Å². The molecule has 0 aromatic carbocycles. The quantitative estimate of drug-likeness (QED) is 0.103. The molecule has 0 bridgehead atoms. The molecule has 40 heavy (non-hydrogen) atoms. The Morgan fingerprint density at radius 1 is 0.550 bits per heavy atom. The molecule has 0 aliphatic rings. The van der Waals surface area contributed by atoms with Gasteiger partial charge in [-0.25, -0.2) is 6.04 Å². The molecule has 0 heterocycles. The zero-order valence-corrected chi connectivity index (χ0v) is 41.4. The van der Waals surface area contributed by atoms with Crippen molar-refractivity contribution in [2.24, 2.45) is 0 Å². The Labute approximate surface area is 293 Å². The summed E-state index contributed by atoms with van der Waals surface area (Å²) in [5.74, 6) is 3.01. The fourth-order valence-electron chi connectivity index (χ4n) is 4.63. The van der Waals surface area contributed by atoms with Crippen LogP contribution >= 0.6 is 15.8 Å². The summed E-state index contributed by atoms with van der Waals surface area (Å²) in [6.07, 6.45) is 0. The van der Waals surface area contributed by atoms with Crippen molar-refractivity contribution in [1.82, 2.24) is 4.65 Å². The molecular weight excluding hydrogens is 680 g/mol. The first-order valence-corrected chi connectivity index (χ1v) is 26.1. The molecule has 0 radical (unpaired) electrons. The second kappa shape index (κ2) is 37.8. The molecule has 10 heteroatoms. The third-order valence-corrected chi connectivity index (χ3v) is 24.5. The van der Waals surface area contributed by atoms with E-state index in [2.05, 4.69) is 102 Å². The number of nitrogens with zero attached hydrogens (tertiary/aromatic N) is 1. The number of hydrogen-bond donors (Lipinski definition) is 1. The van der Waals surface area contributed by atoms with E-state index >= 15 is 0 Å². The number of rotatable bonds is 10. The second-order valence-electron chi connectivity index (χ2n) is 12.6. The van der Waals surface area contributed by atoms with E-state index in [1.807, 2.05) is 55.4 Å². The van der Waals surface area contributed by atoms with E-state index in [1.54, 1.807) is 0 Å². The van der Waals surface area contributed by atoms with E-state index in [0.29, 0.717) is 20.6 Å². The van der Waals surface area contributed by atoms with Crippen molar-refractivity contribution in [3.8, 4) is 0 Å². The minimum atomic E-state index is -0.286. The van der Waals surface area contributed by atoms with Crippen LogP contribution in [0, 0.1) is 13.8 Å². The average Bonchev–Trinajstić information content (AvgIpc) is 2.81. The molecule has 0 amide bonds. The van der Waals surface area contributed by atoms with Gasteiger partial charge >= 0.3 is 33.0 Å². The van der Waals surface area contributed by atoms with E-state index in [-0.39, 0.29) is 89.0 Å². The minimum absolute atomic E-state index is 0. The molecule has 0 saturated carbocycles. The molecule has 1 N–H and O–H groups in total. The summed E-state index contributed by atoms with van der Waals surface area (Å²) in [5.41, 5.74) is 0. The van der Waals surface area contributed by atoms with Crippen LogP contribution < -0.4 is 4.65 Å². The van der Waals surface area contributed by atoms with Crippen molar-refractivity contribution in [1.29, 1.82) is 0 Å². The van der Waals surface area contributed by atoms with Gasteiger partial charge in [-0.15, -0.1) is 9.68 Å². The fourth-order valence-corrected chi connectivity index (χ4v) is 31.2. The van der Waals surface area contributed by atoms with Gasteiger partial charge < -0.3 is 23.1 Å². The van der Waals surface area contributed by atoms with Crippen molar-refractivity contribution in [3.63, 3.8) is 0 Å². The maximum absolute atomic E-state index is 4.80. The van der Waals surface area contributed by atoms with E-state index in [1.165, 1.54) is 17.6 Å². The van der Waals surface area contributed by atoms with Gasteiger partial charge in [0.25, 0.3) is 0 Å². The molecule has 0 aliphatic heterocycles. The first-order valence-electron chi connectivity index (χ1n) is 16.0. The van der Waals surface area contributed by atoms with E-state index in [9.17, 15) is 0 Å². The Bertz CT molecular complexity index is 378. The molecule has 2 nitrogen and oxygen atoms in total. The van der Waals surface area contributed by atoms with Crippen LogP contribution in [0.15, 0.2) is 0 Å². The van der Waals surface area contributed by atoms with Gasteiger partial charge in [0.2, 0.25) is 0 Å². The molecule has 0 aromatic rings. The molecule has 0 unspecified atom stereocenters. The SMILES string of the molecule is CC.CC.CC.CC.[CH2-]C[SiH2]N[SiH2]C[PH+](C(C)(C)C)C(C)(C)C.[CH2-]C[SiH2][N-][SiH2]C[PH+](C(C)(C)C)C(C)(C)C.[HH].[Ni+2].[NiH]. The van der Waals surface area contributed by atoms with Gasteiger partial charge in [0.05, 0.1) is 36.1 Å². The number of nitrogens with one attached hydrogen (secondary N) is 1. The summed E-state index contributed by atoms with van der Waals surface area (Å²) in [6, 6.07) is 2.28. The third-order valence-electron chi connectivity index (χ3n) is 5.36. The van der Waals surface area contributed by atoms with Gasteiger partial charge in [-0.1, -0.05) is 55.4 Å². The normalized spacial score (nSPS) is 12.0. The summed E-state index contributed by atoms with van der Waals surface area (Å²) in [5, 5.41) is 2.14. The van der Waals surface area contributed by atoms with Gasteiger partial charge in [0.15, 0.2) is 0 Å². The van der Waals surface area contributed by atoms with Crippen LogP contribution in [0.3, 0.4) is 0 Å². The predicted molar refractivity (Wildman–Crippen MR) is 215 cm³/mol. The average molecular weight is 767 g/mol. The third kappa shape index (κ3) is 42.8. The number of hydrogen-bond acceptors (Lipinski definition) is 1. The first-order chi connectivity index (χ1) is 17.4. The fraction of sp³-hybridized carbons (Fsp3) is 0.933. The predicted octanol–water partition coefficient (Wildman–Crippen LogP) is 8.39. The van der Waals surface area contributed by atoms with Crippen LogP contribution in [0.4, 0.5) is 0 Å². The van der Waals surface area contributed by atoms with Gasteiger partial charge in [-0.05, 0) is 92.8 Å². The Morgan fingerprint density at radius 3 is 1.10 bits per heavy atom. The molecule has 0 spiro atoms. The van der Waals surface area contributed by atoms with Crippen molar-refractivity contribution < 1.29 is 34.4 Å². The van der Waals surface area contributed by atoms with Crippen molar-refractivity contribution in [2.45, 2.75) is 171 Å². The van der Waals surface area contributed by atoms with E-state index < -0.39 is 0 Å². The summed E-state index contributed by atoms with van der Waals surface area (Å²) < 4.78 is 8.55. The van der Waals surface area contributed by atoms with Crippen molar-refractivity contribution in [2.75, 3.05) is 11.6 Å². The van der Waals surface area contributed by atoms with Crippen LogP contribution in [-0.4, -0.2) is 70.9 Å². The first kappa shape index (κ1) is 61.6. The van der Waals surface area contributed by atoms with Gasteiger partial charge in [0.1, 0.15) is 9.68 Å². The Balaban J connectivity index is -0.0000000539. The molecule has 0 aliphatic carbocycles. The van der Waals surface area contributed by atoms with Crippen LogP contribution in [0.1, 0.15) is 140 Å². The zero-order valence-electron chi connectivity index (χ0n) is 31.7. The molecule has 0 fully saturated rings. The molecule has 0 rings (SSSR count). The van der Waals surface area contributed by atoms with Crippen LogP contribution in [0.2, 0.25) is 12.1 Å². The monoisotopic (exact) mass is 764 g/mol. The molecule has 261 valence electrons. The van der Waals surface area contributed by atoms with Gasteiger partial charge in [0, 0.05) is 23.1 Å². The standard InChI is InChI=1S/C11H29NPSi2.C11H28NPSi2.4C2H6.2Ni.H2.H/c2*1-8-14-12-15-9-13(10(2,3)4)11(5,6)7;4*1-2;;;;/h12H,1,8-9,14-15H2,2-7H3;1,8-9,14-15H2,2-7H3;4*1-2H3;;;1H;/q-1;-2;;;;;;+2;;/p+2. The van der Waals surface area contributed by atoms with Crippen LogP contribution in [0.25, 0.3) is 4.65 Å². The summed E-state index contributed by atoms with van der Waals surface area (Å²) in [7, 11) is -0.755. The van der Waals surface area contributed by atoms with Crippen molar-refractivity contribution in [3.05, 3.63) is 18.5 Å². The van der Waals surface area contributed by atoms with Crippen molar-refractivity contribution >= 4 is 54.6 Å². The Kier molecular flexibility index (Phi) is 58.3. The second-order valence-corrected chi connectivity index (χ2v) is 31.6. The molecule has 0 aromatic heterocycles. The zero-order chi connectivity index (χ0) is 32.2. The summed E-state index contributed by atoms with van der Waals surface area (Å²) >= 11 is 0. The summed E-state index contributed by atoms with van der Waals surface area (Å²) in [4.78, 5) is 0. The van der Waals surface area contributed by atoms with E-state index in [0.717, 1.165) is 6.04 Å². The topological polar surface area (TPSA) is 26.1 Å². The van der Waals surface area contributed by atoms with Crippen LogP contribution in [0.5, 0.6) is 0 Å².